The Kier molecular flexibility index (Phi) is 5.87. The third kappa shape index (κ3) is 3.62. The van der Waals surface area contributed by atoms with Gasteiger partial charge in [-0.15, -0.1) is 0 Å². The molecule has 1 aromatic rings. The molecule has 2 rings (SSSR count). The van der Waals surface area contributed by atoms with Crippen LogP contribution in [0.3, 0.4) is 0 Å². The molecule has 1 fully saturated rings. The van der Waals surface area contributed by atoms with E-state index in [1.807, 2.05) is 18.2 Å². The summed E-state index contributed by atoms with van der Waals surface area (Å²) in [7, 11) is 0. The number of ether oxygens (including phenoxy) is 2. The third-order valence-electron chi connectivity index (χ3n) is 3.82. The Hall–Kier alpha value is -1.97. The highest BCUT2D eigenvalue weighted by Gasteiger charge is 2.41. The Morgan fingerprint density at radius 3 is 2.86 bits per heavy atom. The Bertz CT molecular complexity index is 523. The summed E-state index contributed by atoms with van der Waals surface area (Å²) in [4.78, 5) is 18.1. The molecule has 1 aromatic heterocycles. The second-order valence-electron chi connectivity index (χ2n) is 5.09. The van der Waals surface area contributed by atoms with Gasteiger partial charge in [-0.25, -0.2) is 0 Å². The fraction of sp³-hybridized carbons (Fsp3) is 0.562. The maximum atomic E-state index is 11.7. The lowest BCUT2D eigenvalue weighted by molar-refractivity contribution is -0.144. The lowest BCUT2D eigenvalue weighted by Gasteiger charge is -2.40. The van der Waals surface area contributed by atoms with Crippen LogP contribution in [0.2, 0.25) is 0 Å². The molecule has 2 heterocycles. The molecule has 0 amide bonds. The summed E-state index contributed by atoms with van der Waals surface area (Å²) in [5, 5.41) is 9.90. The first kappa shape index (κ1) is 16.4. The van der Waals surface area contributed by atoms with Crippen molar-refractivity contribution in [1.82, 2.24) is 9.88 Å². The number of carbonyl (C=O) groups is 1. The number of aromatic nitrogens is 1. The Morgan fingerprint density at radius 1 is 1.50 bits per heavy atom. The molecular weight excluding hydrogens is 282 g/mol. The number of rotatable bonds is 6. The first-order valence-corrected chi connectivity index (χ1v) is 7.54. The number of nitrogens with zero attached hydrogens (tertiary/aromatic N) is 3. The second-order valence-corrected chi connectivity index (χ2v) is 5.09. The molecule has 6 nitrogen and oxygen atoms in total. The Morgan fingerprint density at radius 2 is 2.27 bits per heavy atom. The molecule has 0 saturated carbocycles. The van der Waals surface area contributed by atoms with Gasteiger partial charge in [-0.05, 0) is 25.5 Å². The van der Waals surface area contributed by atoms with Crippen molar-refractivity contribution in [2.45, 2.75) is 25.3 Å². The summed E-state index contributed by atoms with van der Waals surface area (Å²) in [6.07, 6.45) is 2.22. The van der Waals surface area contributed by atoms with Crippen LogP contribution in [0.25, 0.3) is 0 Å². The first-order valence-electron chi connectivity index (χ1n) is 7.54. The van der Waals surface area contributed by atoms with Crippen LogP contribution in [0.1, 0.15) is 25.5 Å². The summed E-state index contributed by atoms with van der Waals surface area (Å²) in [5.74, 6) is -0.286. The maximum absolute atomic E-state index is 11.7. The molecule has 22 heavy (non-hydrogen) atoms. The van der Waals surface area contributed by atoms with Crippen molar-refractivity contribution < 1.29 is 14.3 Å². The smallest absolute Gasteiger partial charge is 0.305 e. The third-order valence-corrected chi connectivity index (χ3v) is 3.82. The highest BCUT2D eigenvalue weighted by molar-refractivity contribution is 5.69. The van der Waals surface area contributed by atoms with E-state index >= 15 is 0 Å². The van der Waals surface area contributed by atoms with Crippen molar-refractivity contribution in [3.63, 3.8) is 0 Å². The van der Waals surface area contributed by atoms with Crippen LogP contribution >= 0.6 is 0 Å². The average Bonchev–Trinajstić information content (AvgIpc) is 2.58. The predicted octanol–water partition coefficient (Wildman–Crippen LogP) is 1.48. The van der Waals surface area contributed by atoms with Crippen LogP contribution in [0.5, 0.6) is 0 Å². The lowest BCUT2D eigenvalue weighted by Crippen LogP contribution is -2.51. The molecule has 0 aliphatic carbocycles. The van der Waals surface area contributed by atoms with Crippen molar-refractivity contribution in [3.8, 4) is 6.07 Å². The van der Waals surface area contributed by atoms with E-state index in [0.717, 1.165) is 0 Å². The van der Waals surface area contributed by atoms with Gasteiger partial charge in [0, 0.05) is 25.7 Å². The van der Waals surface area contributed by atoms with E-state index in [1.54, 1.807) is 13.1 Å². The number of esters is 1. The molecule has 118 valence electrons. The normalized spacial score (nSPS) is 18.2. The number of hydrogen-bond donors (Lipinski definition) is 0. The summed E-state index contributed by atoms with van der Waals surface area (Å²) >= 11 is 0. The van der Waals surface area contributed by atoms with Crippen LogP contribution in [0.15, 0.2) is 24.4 Å². The van der Waals surface area contributed by atoms with Gasteiger partial charge >= 0.3 is 5.97 Å². The van der Waals surface area contributed by atoms with Crippen LogP contribution < -0.4 is 0 Å². The molecule has 6 heteroatoms. The lowest BCUT2D eigenvalue weighted by atomic mass is 9.88. The monoisotopic (exact) mass is 303 g/mol. The van der Waals surface area contributed by atoms with Crippen molar-refractivity contribution in [2.75, 3.05) is 32.9 Å². The number of carbonyl (C=O) groups excluding carboxylic acids is 1. The quantitative estimate of drug-likeness (QED) is 0.741. The molecule has 1 atom stereocenters. The zero-order chi connectivity index (χ0) is 15.8. The van der Waals surface area contributed by atoms with E-state index in [2.05, 4.69) is 16.0 Å². The van der Waals surface area contributed by atoms with Crippen molar-refractivity contribution in [1.29, 1.82) is 5.26 Å². The fourth-order valence-corrected chi connectivity index (χ4v) is 2.70. The zero-order valence-electron chi connectivity index (χ0n) is 12.8. The van der Waals surface area contributed by atoms with Gasteiger partial charge in [0.05, 0.1) is 31.6 Å². The standard InChI is InChI=1S/C16H21N3O3/c1-2-22-15(20)6-7-16(13-17,14-5-3-4-8-18-14)19-9-11-21-12-10-19/h3-5,8H,2,6-7,9-12H2,1H3. The van der Waals surface area contributed by atoms with Gasteiger partial charge in [0.2, 0.25) is 0 Å². The predicted molar refractivity (Wildman–Crippen MR) is 79.8 cm³/mol. The number of nitriles is 1. The van der Waals surface area contributed by atoms with Crippen LogP contribution in [-0.2, 0) is 19.8 Å². The van der Waals surface area contributed by atoms with Crippen LogP contribution in [-0.4, -0.2) is 48.8 Å². The zero-order valence-corrected chi connectivity index (χ0v) is 12.8. The first-order chi connectivity index (χ1) is 10.7. The van der Waals surface area contributed by atoms with E-state index in [0.29, 0.717) is 45.0 Å². The molecule has 0 aromatic carbocycles. The number of pyridine rings is 1. The molecule has 0 spiro atoms. The molecule has 0 bridgehead atoms. The van der Waals surface area contributed by atoms with Crippen molar-refractivity contribution in [3.05, 3.63) is 30.1 Å². The van der Waals surface area contributed by atoms with E-state index in [9.17, 15) is 10.1 Å². The molecule has 1 unspecified atom stereocenters. The molecule has 0 radical (unpaired) electrons. The van der Waals surface area contributed by atoms with Gasteiger partial charge < -0.3 is 9.47 Å². The van der Waals surface area contributed by atoms with E-state index < -0.39 is 5.54 Å². The van der Waals surface area contributed by atoms with Gasteiger partial charge in [-0.1, -0.05) is 6.07 Å². The van der Waals surface area contributed by atoms with Crippen LogP contribution in [0, 0.1) is 11.3 Å². The Labute approximate surface area is 130 Å². The fourth-order valence-electron chi connectivity index (χ4n) is 2.70. The summed E-state index contributed by atoms with van der Waals surface area (Å²) in [6.45, 7) is 4.57. The van der Waals surface area contributed by atoms with E-state index in [4.69, 9.17) is 9.47 Å². The summed E-state index contributed by atoms with van der Waals surface area (Å²) in [5.41, 5.74) is -0.249. The molecule has 1 saturated heterocycles. The summed E-state index contributed by atoms with van der Waals surface area (Å²) < 4.78 is 10.4. The minimum atomic E-state index is -0.919. The second kappa shape index (κ2) is 7.87. The minimum Gasteiger partial charge on any atom is -0.466 e. The molecule has 0 N–H and O–H groups in total. The number of hydrogen-bond acceptors (Lipinski definition) is 6. The van der Waals surface area contributed by atoms with Gasteiger partial charge in [0.15, 0.2) is 5.54 Å². The van der Waals surface area contributed by atoms with Gasteiger partial charge in [0.1, 0.15) is 0 Å². The highest BCUT2D eigenvalue weighted by Crippen LogP contribution is 2.32. The largest absolute Gasteiger partial charge is 0.466 e. The van der Waals surface area contributed by atoms with Crippen molar-refractivity contribution in [2.24, 2.45) is 0 Å². The number of morpholine rings is 1. The molecule has 1 aliphatic heterocycles. The van der Waals surface area contributed by atoms with E-state index in [-0.39, 0.29) is 12.4 Å². The SMILES string of the molecule is CCOC(=O)CCC(C#N)(c1ccccn1)N1CCOCC1. The Balaban J connectivity index is 2.26. The molecular formula is C16H21N3O3. The topological polar surface area (TPSA) is 75.5 Å². The van der Waals surface area contributed by atoms with Gasteiger partial charge in [0.25, 0.3) is 0 Å². The average molecular weight is 303 g/mol. The van der Waals surface area contributed by atoms with Gasteiger partial charge in [-0.3, -0.25) is 14.7 Å². The van der Waals surface area contributed by atoms with Crippen molar-refractivity contribution >= 4 is 5.97 Å². The van der Waals surface area contributed by atoms with E-state index in [1.165, 1.54) is 0 Å². The maximum Gasteiger partial charge on any atom is 0.305 e. The van der Waals surface area contributed by atoms with Gasteiger partial charge in [-0.2, -0.15) is 5.26 Å². The molecule has 1 aliphatic rings. The highest BCUT2D eigenvalue weighted by atomic mass is 16.5. The minimum absolute atomic E-state index is 0.190. The van der Waals surface area contributed by atoms with Crippen LogP contribution in [0.4, 0.5) is 0 Å². The summed E-state index contributed by atoms with van der Waals surface area (Å²) in [6, 6.07) is 7.91.